The molecule has 0 aromatic carbocycles. The molecule has 3 heteroatoms. The normalized spacial score (nSPS) is 33.0. The molecule has 1 rings (SSSR count). The predicted molar refractivity (Wildman–Crippen MR) is 31.3 cm³/mol. The lowest BCUT2D eigenvalue weighted by molar-refractivity contribution is 0.0611. The summed E-state index contributed by atoms with van der Waals surface area (Å²) in [6.07, 6.45) is 1.11. The molecule has 0 saturated carbocycles. The van der Waals surface area contributed by atoms with Crippen LogP contribution < -0.4 is 5.32 Å². The second-order valence-corrected chi connectivity index (χ2v) is 2.00. The lowest BCUT2D eigenvalue weighted by atomic mass is 10.4. The number of nitrogens with one attached hydrogen (secondary N) is 1. The molecule has 0 aromatic rings. The summed E-state index contributed by atoms with van der Waals surface area (Å²) in [5, 5.41) is 3.02. The van der Waals surface area contributed by atoms with Crippen molar-refractivity contribution >= 4 is 12.6 Å². The van der Waals surface area contributed by atoms with E-state index in [4.69, 9.17) is 4.74 Å². The summed E-state index contributed by atoms with van der Waals surface area (Å²) in [4.78, 5) is 0. The van der Waals surface area contributed by atoms with Gasteiger partial charge >= 0.3 is 0 Å². The number of ether oxygens (including phenoxy) is 1. The summed E-state index contributed by atoms with van der Waals surface area (Å²) in [6.45, 7) is 1.88. The molecule has 42 valence electrons. The lowest BCUT2D eigenvalue weighted by Crippen LogP contribution is -2.33. The molecule has 1 atom stereocenters. The Bertz CT molecular complexity index is 53.7. The third kappa shape index (κ3) is 1.67. The Labute approximate surface area is 48.6 Å². The van der Waals surface area contributed by atoms with Crippen molar-refractivity contribution in [3.63, 3.8) is 0 Å². The van der Waals surface area contributed by atoms with Gasteiger partial charge in [-0.1, -0.05) is 0 Å². The first-order valence-corrected chi connectivity index (χ1v) is 2.94. The zero-order valence-electron chi connectivity index (χ0n) is 4.05. The molecule has 0 aliphatic carbocycles. The fourth-order valence-electron chi connectivity index (χ4n) is 0.552. The fourth-order valence-corrected chi connectivity index (χ4v) is 0.786. The van der Waals surface area contributed by atoms with E-state index >= 15 is 0 Å². The van der Waals surface area contributed by atoms with E-state index < -0.39 is 0 Å². The Balaban J connectivity index is 2.12. The van der Waals surface area contributed by atoms with Gasteiger partial charge in [0.25, 0.3) is 0 Å². The average Bonchev–Trinajstić information content (AvgIpc) is 1.69. The van der Waals surface area contributed by atoms with Crippen molar-refractivity contribution in [2.45, 2.75) is 12.0 Å². The van der Waals surface area contributed by atoms with Gasteiger partial charge in [0, 0.05) is 6.54 Å². The van der Waals surface area contributed by atoms with E-state index in [1.807, 2.05) is 0 Å². The highest BCUT2D eigenvalue weighted by Crippen LogP contribution is 1.98. The topological polar surface area (TPSA) is 21.3 Å². The number of rotatable bonds is 0. The maximum absolute atomic E-state index is 5.03. The molecule has 0 amide bonds. The number of hydrogen-bond donors (Lipinski definition) is 2. The molecule has 1 aliphatic rings. The molecule has 1 N–H and O–H groups in total. The molecular weight excluding hydrogens is 110 g/mol. The van der Waals surface area contributed by atoms with Crippen LogP contribution in [0.25, 0.3) is 0 Å². The van der Waals surface area contributed by atoms with Gasteiger partial charge in [0.2, 0.25) is 0 Å². The Morgan fingerprint density at radius 1 is 1.71 bits per heavy atom. The highest BCUT2D eigenvalue weighted by Gasteiger charge is 2.04. The van der Waals surface area contributed by atoms with Gasteiger partial charge in [-0.2, -0.15) is 0 Å². The van der Waals surface area contributed by atoms with E-state index in [0.717, 1.165) is 19.6 Å². The van der Waals surface area contributed by atoms with Gasteiger partial charge in [-0.15, -0.1) is 12.6 Å². The zero-order valence-corrected chi connectivity index (χ0v) is 4.95. The third-order valence-corrected chi connectivity index (χ3v) is 1.25. The first-order chi connectivity index (χ1) is 3.39. The quantitative estimate of drug-likeness (QED) is 0.445. The Morgan fingerprint density at radius 2 is 2.57 bits per heavy atom. The van der Waals surface area contributed by atoms with Crippen molar-refractivity contribution in [2.75, 3.05) is 13.2 Å². The van der Waals surface area contributed by atoms with Gasteiger partial charge in [-0.25, -0.2) is 0 Å². The van der Waals surface area contributed by atoms with Gasteiger partial charge < -0.3 is 4.74 Å². The van der Waals surface area contributed by atoms with Crippen LogP contribution in [0.5, 0.6) is 0 Å². The second-order valence-electron chi connectivity index (χ2n) is 1.53. The van der Waals surface area contributed by atoms with Crippen LogP contribution in [-0.4, -0.2) is 18.7 Å². The molecule has 2 nitrogen and oxygen atoms in total. The van der Waals surface area contributed by atoms with E-state index in [0.29, 0.717) is 0 Å². The summed E-state index contributed by atoms with van der Waals surface area (Å²) in [5.41, 5.74) is -0.0197. The summed E-state index contributed by atoms with van der Waals surface area (Å²) in [5.74, 6) is 0. The van der Waals surface area contributed by atoms with Gasteiger partial charge in [0.15, 0.2) is 5.56 Å². The lowest BCUT2D eigenvalue weighted by Gasteiger charge is -2.18. The standard InChI is InChI=1S/C4H9NOS/c7-4-5-2-1-3-6-4/h4-5,7H,1-3H2. The van der Waals surface area contributed by atoms with Gasteiger partial charge in [0.05, 0.1) is 6.61 Å². The predicted octanol–water partition coefficient (Wildman–Crippen LogP) is 0.210. The van der Waals surface area contributed by atoms with Crippen LogP contribution in [0, 0.1) is 0 Å². The van der Waals surface area contributed by atoms with Crippen molar-refractivity contribution in [1.82, 2.24) is 5.32 Å². The van der Waals surface area contributed by atoms with Crippen LogP contribution in [-0.2, 0) is 4.74 Å². The van der Waals surface area contributed by atoms with Crippen molar-refractivity contribution in [3.05, 3.63) is 0 Å². The summed E-state index contributed by atoms with van der Waals surface area (Å²) >= 11 is 4.03. The smallest absolute Gasteiger partial charge is 0.153 e. The van der Waals surface area contributed by atoms with Crippen LogP contribution in [0.3, 0.4) is 0 Å². The summed E-state index contributed by atoms with van der Waals surface area (Å²) in [7, 11) is 0. The van der Waals surface area contributed by atoms with Crippen LogP contribution in [0.15, 0.2) is 0 Å². The van der Waals surface area contributed by atoms with Crippen molar-refractivity contribution in [1.29, 1.82) is 0 Å². The highest BCUT2D eigenvalue weighted by atomic mass is 32.1. The van der Waals surface area contributed by atoms with Crippen LogP contribution in [0.1, 0.15) is 6.42 Å². The summed E-state index contributed by atoms with van der Waals surface area (Å²) in [6, 6.07) is 0. The van der Waals surface area contributed by atoms with Crippen LogP contribution >= 0.6 is 12.6 Å². The highest BCUT2D eigenvalue weighted by molar-refractivity contribution is 7.80. The monoisotopic (exact) mass is 119 g/mol. The van der Waals surface area contributed by atoms with Crippen LogP contribution in [0.4, 0.5) is 0 Å². The molecule has 1 unspecified atom stereocenters. The van der Waals surface area contributed by atoms with E-state index in [1.54, 1.807) is 0 Å². The van der Waals surface area contributed by atoms with Gasteiger partial charge in [-0.3, -0.25) is 5.32 Å². The number of thiol groups is 1. The molecular formula is C4H9NOS. The van der Waals surface area contributed by atoms with Crippen molar-refractivity contribution < 1.29 is 4.74 Å². The Hall–Kier alpha value is 0.270. The van der Waals surface area contributed by atoms with Crippen LogP contribution in [0.2, 0.25) is 0 Å². The molecule has 7 heavy (non-hydrogen) atoms. The first-order valence-electron chi connectivity index (χ1n) is 2.42. The minimum absolute atomic E-state index is 0.0197. The number of hydrogen-bond acceptors (Lipinski definition) is 3. The second kappa shape index (κ2) is 2.55. The molecule has 1 heterocycles. The third-order valence-electron chi connectivity index (χ3n) is 0.916. The molecule has 1 saturated heterocycles. The van der Waals surface area contributed by atoms with E-state index in [1.165, 1.54) is 0 Å². The average molecular weight is 119 g/mol. The molecule has 1 aliphatic heterocycles. The van der Waals surface area contributed by atoms with Gasteiger partial charge in [0.1, 0.15) is 0 Å². The SMILES string of the molecule is SC1NCCCO1. The molecule has 1 fully saturated rings. The summed E-state index contributed by atoms with van der Waals surface area (Å²) < 4.78 is 5.03. The molecule has 0 aromatic heterocycles. The van der Waals surface area contributed by atoms with Crippen molar-refractivity contribution in [2.24, 2.45) is 0 Å². The molecule has 0 bridgehead atoms. The largest absolute Gasteiger partial charge is 0.354 e. The van der Waals surface area contributed by atoms with E-state index in [9.17, 15) is 0 Å². The van der Waals surface area contributed by atoms with E-state index in [-0.39, 0.29) is 5.56 Å². The molecule has 0 radical (unpaired) electrons. The zero-order chi connectivity index (χ0) is 5.11. The fraction of sp³-hybridized carbons (Fsp3) is 1.00. The Kier molecular flexibility index (Phi) is 1.97. The Morgan fingerprint density at radius 3 is 2.86 bits per heavy atom. The first kappa shape index (κ1) is 5.41. The van der Waals surface area contributed by atoms with E-state index in [2.05, 4.69) is 17.9 Å². The minimum Gasteiger partial charge on any atom is -0.354 e. The van der Waals surface area contributed by atoms with Crippen molar-refractivity contribution in [3.8, 4) is 0 Å². The van der Waals surface area contributed by atoms with Gasteiger partial charge in [-0.05, 0) is 6.42 Å². The maximum Gasteiger partial charge on any atom is 0.153 e. The maximum atomic E-state index is 5.03. The minimum atomic E-state index is -0.0197. The molecule has 0 spiro atoms.